The predicted molar refractivity (Wildman–Crippen MR) is 43.1 cm³/mol. The average Bonchev–Trinajstić information content (AvgIpc) is 1.85. The zero-order valence-electron chi connectivity index (χ0n) is 6.16. The molecule has 0 bridgehead atoms. The molecule has 1 heterocycles. The maximum atomic E-state index is 10.9. The van der Waals surface area contributed by atoms with Gasteiger partial charge in [0.25, 0.3) is 0 Å². The summed E-state index contributed by atoms with van der Waals surface area (Å²) >= 11 is 0. The van der Waals surface area contributed by atoms with Gasteiger partial charge in [0, 0.05) is 0 Å². The van der Waals surface area contributed by atoms with Crippen LogP contribution in [0, 0.1) is 0 Å². The van der Waals surface area contributed by atoms with Gasteiger partial charge in [-0.05, 0) is 6.92 Å². The fourth-order valence-electron chi connectivity index (χ4n) is 0.900. The molecule has 0 fully saturated rings. The number of nitrogens with two attached hydrogens (primary N) is 2. The van der Waals surface area contributed by atoms with Crippen LogP contribution in [0.1, 0.15) is 17.3 Å². The number of pyridine rings is 1. The molecule has 0 saturated heterocycles. The third-order valence-corrected chi connectivity index (χ3v) is 1.36. The molecule has 4 nitrogen and oxygen atoms in total. The van der Waals surface area contributed by atoms with E-state index in [1.54, 1.807) is 0 Å². The molecule has 0 aliphatic carbocycles. The lowest BCUT2D eigenvalue weighted by Crippen LogP contribution is -2.04. The second-order valence-corrected chi connectivity index (χ2v) is 2.25. The van der Waals surface area contributed by atoms with Gasteiger partial charge in [0.1, 0.15) is 0 Å². The summed E-state index contributed by atoms with van der Waals surface area (Å²) in [5.41, 5.74) is 11.9. The van der Waals surface area contributed by atoms with Crippen molar-refractivity contribution in [3.8, 4) is 0 Å². The molecule has 0 aliphatic heterocycles. The van der Waals surface area contributed by atoms with Gasteiger partial charge in [-0.25, -0.2) is 0 Å². The number of aromatic nitrogens is 1. The Bertz CT molecular complexity index is 275. The van der Waals surface area contributed by atoms with E-state index in [1.165, 1.54) is 19.3 Å². The van der Waals surface area contributed by atoms with E-state index in [1.807, 2.05) is 0 Å². The number of hydrogen-bond donors (Lipinski definition) is 2. The van der Waals surface area contributed by atoms with Crippen LogP contribution in [0.15, 0.2) is 12.4 Å². The summed E-state index contributed by atoms with van der Waals surface area (Å²) in [7, 11) is 0. The van der Waals surface area contributed by atoms with Gasteiger partial charge < -0.3 is 11.5 Å². The number of anilines is 2. The molecular weight excluding hydrogens is 142 g/mol. The summed E-state index contributed by atoms with van der Waals surface area (Å²) < 4.78 is 0. The second kappa shape index (κ2) is 2.57. The maximum absolute atomic E-state index is 10.9. The van der Waals surface area contributed by atoms with Crippen LogP contribution in [0.5, 0.6) is 0 Å². The zero-order chi connectivity index (χ0) is 8.43. The van der Waals surface area contributed by atoms with Gasteiger partial charge in [-0.2, -0.15) is 0 Å². The quantitative estimate of drug-likeness (QED) is 0.571. The largest absolute Gasteiger partial charge is 0.397 e. The van der Waals surface area contributed by atoms with Crippen molar-refractivity contribution in [3.63, 3.8) is 0 Å². The molecule has 58 valence electrons. The van der Waals surface area contributed by atoms with Gasteiger partial charge in [0.15, 0.2) is 5.78 Å². The van der Waals surface area contributed by atoms with Gasteiger partial charge in [-0.15, -0.1) is 0 Å². The van der Waals surface area contributed by atoms with E-state index in [0.29, 0.717) is 16.9 Å². The molecular formula is C7H9N3O. The SMILES string of the molecule is CC(=O)c1c(N)cncc1N. The second-order valence-electron chi connectivity index (χ2n) is 2.25. The average molecular weight is 151 g/mol. The highest BCUT2D eigenvalue weighted by molar-refractivity contribution is 6.03. The van der Waals surface area contributed by atoms with E-state index in [9.17, 15) is 4.79 Å². The first kappa shape index (κ1) is 7.53. The molecule has 1 aromatic heterocycles. The van der Waals surface area contributed by atoms with Gasteiger partial charge in [-0.3, -0.25) is 9.78 Å². The number of ketones is 1. The zero-order valence-corrected chi connectivity index (χ0v) is 6.16. The van der Waals surface area contributed by atoms with E-state index in [4.69, 9.17) is 11.5 Å². The topological polar surface area (TPSA) is 82.0 Å². The first-order chi connectivity index (χ1) is 5.13. The van der Waals surface area contributed by atoms with Crippen molar-refractivity contribution >= 4 is 17.2 Å². The minimum absolute atomic E-state index is 0.137. The van der Waals surface area contributed by atoms with Crippen molar-refractivity contribution in [2.45, 2.75) is 6.92 Å². The van der Waals surface area contributed by atoms with Crippen LogP contribution in [0.25, 0.3) is 0 Å². The molecule has 0 unspecified atom stereocenters. The van der Waals surface area contributed by atoms with E-state index >= 15 is 0 Å². The molecule has 11 heavy (non-hydrogen) atoms. The van der Waals surface area contributed by atoms with Crippen LogP contribution in [-0.4, -0.2) is 10.8 Å². The van der Waals surface area contributed by atoms with Gasteiger partial charge in [-0.1, -0.05) is 0 Å². The Balaban J connectivity index is 3.32. The third-order valence-electron chi connectivity index (χ3n) is 1.36. The summed E-state index contributed by atoms with van der Waals surface area (Å²) in [6.45, 7) is 1.42. The Morgan fingerprint density at radius 1 is 1.36 bits per heavy atom. The summed E-state index contributed by atoms with van der Waals surface area (Å²) in [5.74, 6) is -0.137. The predicted octanol–water partition coefficient (Wildman–Crippen LogP) is 0.449. The van der Waals surface area contributed by atoms with Crippen molar-refractivity contribution in [2.75, 3.05) is 11.5 Å². The highest BCUT2D eigenvalue weighted by Gasteiger charge is 2.07. The summed E-state index contributed by atoms with van der Waals surface area (Å²) in [5, 5.41) is 0. The molecule has 0 radical (unpaired) electrons. The van der Waals surface area contributed by atoms with Gasteiger partial charge in [0.2, 0.25) is 0 Å². The smallest absolute Gasteiger partial charge is 0.164 e. The van der Waals surface area contributed by atoms with Crippen LogP contribution in [-0.2, 0) is 0 Å². The van der Waals surface area contributed by atoms with Gasteiger partial charge >= 0.3 is 0 Å². The number of carbonyl (C=O) groups is 1. The lowest BCUT2D eigenvalue weighted by atomic mass is 10.1. The first-order valence-electron chi connectivity index (χ1n) is 3.13. The third kappa shape index (κ3) is 1.29. The molecule has 1 rings (SSSR count). The summed E-state index contributed by atoms with van der Waals surface area (Å²) in [4.78, 5) is 14.6. The molecule has 4 heteroatoms. The van der Waals surface area contributed by atoms with Crippen LogP contribution in [0.3, 0.4) is 0 Å². The van der Waals surface area contributed by atoms with Crippen LogP contribution in [0.2, 0.25) is 0 Å². The highest BCUT2D eigenvalue weighted by Crippen LogP contribution is 2.17. The van der Waals surface area contributed by atoms with E-state index < -0.39 is 0 Å². The Hall–Kier alpha value is -1.58. The molecule has 4 N–H and O–H groups in total. The number of nitrogens with zero attached hydrogens (tertiary/aromatic N) is 1. The van der Waals surface area contributed by atoms with E-state index in [-0.39, 0.29) is 5.78 Å². The monoisotopic (exact) mass is 151 g/mol. The van der Waals surface area contributed by atoms with E-state index in [0.717, 1.165) is 0 Å². The molecule has 1 aromatic rings. The van der Waals surface area contributed by atoms with Crippen molar-refractivity contribution < 1.29 is 4.79 Å². The Morgan fingerprint density at radius 2 is 1.82 bits per heavy atom. The Kier molecular flexibility index (Phi) is 1.76. The summed E-state index contributed by atoms with van der Waals surface area (Å²) in [6, 6.07) is 0. The molecule has 0 atom stereocenters. The van der Waals surface area contributed by atoms with E-state index in [2.05, 4.69) is 4.98 Å². The first-order valence-corrected chi connectivity index (χ1v) is 3.13. The number of Topliss-reactive ketones (excluding diaryl/α,β-unsaturated/α-hetero) is 1. The molecule has 0 amide bonds. The minimum atomic E-state index is -0.137. The van der Waals surface area contributed by atoms with Crippen LogP contribution in [0.4, 0.5) is 11.4 Å². The van der Waals surface area contributed by atoms with Crippen molar-refractivity contribution in [3.05, 3.63) is 18.0 Å². The van der Waals surface area contributed by atoms with Crippen LogP contribution >= 0.6 is 0 Å². The highest BCUT2D eigenvalue weighted by atomic mass is 16.1. The number of hydrogen-bond acceptors (Lipinski definition) is 4. The van der Waals surface area contributed by atoms with Crippen molar-refractivity contribution in [1.29, 1.82) is 0 Å². The number of nitrogen functional groups attached to an aromatic ring is 2. The fraction of sp³-hybridized carbons (Fsp3) is 0.143. The molecule has 0 aliphatic rings. The van der Waals surface area contributed by atoms with Crippen molar-refractivity contribution in [2.24, 2.45) is 0 Å². The van der Waals surface area contributed by atoms with Crippen LogP contribution < -0.4 is 11.5 Å². The minimum Gasteiger partial charge on any atom is -0.397 e. The Labute approximate surface area is 64.2 Å². The number of rotatable bonds is 1. The Morgan fingerprint density at radius 3 is 2.09 bits per heavy atom. The van der Waals surface area contributed by atoms with Gasteiger partial charge in [0.05, 0.1) is 29.3 Å². The standard InChI is InChI=1S/C7H9N3O/c1-4(11)7-5(8)2-10-3-6(7)9/h2-3H,8-9H2,1H3. The summed E-state index contributed by atoms with van der Waals surface area (Å²) in [6.07, 6.45) is 2.82. The maximum Gasteiger partial charge on any atom is 0.164 e. The normalized spacial score (nSPS) is 9.55. The molecule has 0 aromatic carbocycles. The van der Waals surface area contributed by atoms with Crippen molar-refractivity contribution in [1.82, 2.24) is 4.98 Å². The lowest BCUT2D eigenvalue weighted by Gasteiger charge is -2.02. The number of carbonyl (C=O) groups excluding carboxylic acids is 1. The molecule has 0 spiro atoms. The fourth-order valence-corrected chi connectivity index (χ4v) is 0.900. The molecule has 0 saturated carbocycles. The lowest BCUT2D eigenvalue weighted by molar-refractivity contribution is 0.101.